The van der Waals surface area contributed by atoms with Gasteiger partial charge in [-0.3, -0.25) is 9.59 Å². The number of hydrogen-bond acceptors (Lipinski definition) is 4. The van der Waals surface area contributed by atoms with Gasteiger partial charge in [-0.05, 0) is 11.1 Å². The van der Waals surface area contributed by atoms with Crippen LogP contribution in [0.4, 0.5) is 0 Å². The lowest BCUT2D eigenvalue weighted by Gasteiger charge is -2.13. The van der Waals surface area contributed by atoms with E-state index in [4.69, 9.17) is 9.47 Å². The Morgan fingerprint density at radius 2 is 1.09 bits per heavy atom. The molecule has 118 valence electrons. The van der Waals surface area contributed by atoms with E-state index in [-0.39, 0.29) is 11.8 Å². The van der Waals surface area contributed by atoms with Crippen LogP contribution in [0.25, 0.3) is 0 Å². The molecule has 0 spiro atoms. The second-order valence-corrected chi connectivity index (χ2v) is 5.63. The van der Waals surface area contributed by atoms with Crippen LogP contribution in [-0.2, 0) is 19.1 Å². The van der Waals surface area contributed by atoms with Crippen LogP contribution in [0, 0.1) is 5.41 Å². The molecule has 4 nitrogen and oxygen atoms in total. The fourth-order valence-corrected chi connectivity index (χ4v) is 3.55. The first kappa shape index (κ1) is 15.3. The third kappa shape index (κ3) is 2.22. The Balaban J connectivity index is 2.14. The average molecular weight is 310 g/mol. The molecule has 23 heavy (non-hydrogen) atoms. The molecule has 1 saturated carbocycles. The van der Waals surface area contributed by atoms with Crippen LogP contribution < -0.4 is 0 Å². The van der Waals surface area contributed by atoms with Crippen molar-refractivity contribution in [2.24, 2.45) is 5.41 Å². The van der Waals surface area contributed by atoms with E-state index in [1.165, 1.54) is 14.2 Å². The predicted molar refractivity (Wildman–Crippen MR) is 84.8 cm³/mol. The zero-order valence-electron chi connectivity index (χ0n) is 13.1. The van der Waals surface area contributed by atoms with Gasteiger partial charge in [0.25, 0.3) is 0 Å². The maximum absolute atomic E-state index is 12.5. The van der Waals surface area contributed by atoms with E-state index in [2.05, 4.69) is 0 Å². The minimum atomic E-state index is -1.31. The maximum Gasteiger partial charge on any atom is 0.324 e. The second kappa shape index (κ2) is 5.88. The highest BCUT2D eigenvalue weighted by atomic mass is 16.5. The minimum Gasteiger partial charge on any atom is -0.468 e. The molecule has 1 unspecified atom stereocenters. The van der Waals surface area contributed by atoms with Gasteiger partial charge in [0, 0.05) is 11.8 Å². The van der Waals surface area contributed by atoms with Gasteiger partial charge in [0.15, 0.2) is 5.41 Å². The van der Waals surface area contributed by atoms with Gasteiger partial charge in [-0.2, -0.15) is 0 Å². The lowest BCUT2D eigenvalue weighted by atomic mass is 9.97. The highest BCUT2D eigenvalue weighted by Crippen LogP contribution is 2.71. The molecule has 0 aromatic heterocycles. The molecule has 3 rings (SSSR count). The van der Waals surface area contributed by atoms with Gasteiger partial charge in [0.1, 0.15) is 0 Å². The standard InChI is InChI=1S/C19H18O4/c1-22-17(20)19(18(21)23-2)15(13-9-5-3-6-10-13)16(19)14-11-7-4-8-12-14/h3-12,15-16H,1-2H3/t15-,16?/m1/s1. The molecule has 0 heterocycles. The molecule has 0 radical (unpaired) electrons. The summed E-state index contributed by atoms with van der Waals surface area (Å²) in [6, 6.07) is 19.1. The Labute approximate surface area is 135 Å². The summed E-state index contributed by atoms with van der Waals surface area (Å²) in [5, 5.41) is 0. The predicted octanol–water partition coefficient (Wildman–Crippen LogP) is 2.90. The number of benzene rings is 2. The summed E-state index contributed by atoms with van der Waals surface area (Å²) in [7, 11) is 2.60. The first-order chi connectivity index (χ1) is 11.2. The lowest BCUT2D eigenvalue weighted by Crippen LogP contribution is -2.31. The molecule has 0 saturated heterocycles. The van der Waals surface area contributed by atoms with E-state index >= 15 is 0 Å². The van der Waals surface area contributed by atoms with Gasteiger partial charge in [0.2, 0.25) is 0 Å². The molecular weight excluding hydrogens is 292 g/mol. The molecule has 4 heteroatoms. The molecule has 0 N–H and O–H groups in total. The van der Waals surface area contributed by atoms with E-state index < -0.39 is 17.4 Å². The Kier molecular flexibility index (Phi) is 3.90. The van der Waals surface area contributed by atoms with Crippen LogP contribution in [0.15, 0.2) is 60.7 Å². The fourth-order valence-electron chi connectivity index (χ4n) is 3.55. The molecular formula is C19H18O4. The molecule has 1 aliphatic carbocycles. The van der Waals surface area contributed by atoms with Gasteiger partial charge < -0.3 is 9.47 Å². The zero-order valence-corrected chi connectivity index (χ0v) is 13.1. The maximum atomic E-state index is 12.5. The summed E-state index contributed by atoms with van der Waals surface area (Å²) < 4.78 is 9.93. The summed E-state index contributed by atoms with van der Waals surface area (Å²) in [5.41, 5.74) is 0.543. The Morgan fingerprint density at radius 1 is 0.739 bits per heavy atom. The first-order valence-corrected chi connectivity index (χ1v) is 7.44. The van der Waals surface area contributed by atoms with E-state index in [9.17, 15) is 9.59 Å². The Bertz CT molecular complexity index is 645. The van der Waals surface area contributed by atoms with E-state index in [1.807, 2.05) is 60.7 Å². The summed E-state index contributed by atoms with van der Waals surface area (Å²) in [6.07, 6.45) is 0. The average Bonchev–Trinajstić information content (AvgIpc) is 3.33. The van der Waals surface area contributed by atoms with E-state index in [1.54, 1.807) is 0 Å². The summed E-state index contributed by atoms with van der Waals surface area (Å²) in [6.45, 7) is 0. The molecule has 1 aliphatic rings. The Hall–Kier alpha value is -2.62. The number of esters is 2. The zero-order chi connectivity index (χ0) is 16.4. The van der Waals surface area contributed by atoms with Crippen LogP contribution in [0.1, 0.15) is 23.0 Å². The molecule has 2 aromatic rings. The molecule has 2 atom stereocenters. The number of hydrogen-bond donors (Lipinski definition) is 0. The van der Waals surface area contributed by atoms with Crippen molar-refractivity contribution in [2.45, 2.75) is 11.8 Å². The monoisotopic (exact) mass is 310 g/mol. The SMILES string of the molecule is COC(=O)C1(C(=O)OC)C(c2ccccc2)[C@H]1c1ccccc1. The molecule has 1 fully saturated rings. The molecule has 0 aliphatic heterocycles. The van der Waals surface area contributed by atoms with Gasteiger partial charge in [0.05, 0.1) is 14.2 Å². The third-order valence-electron chi connectivity index (χ3n) is 4.57. The fraction of sp³-hybridized carbons (Fsp3) is 0.263. The van der Waals surface area contributed by atoms with Crippen molar-refractivity contribution < 1.29 is 19.1 Å². The number of carbonyl (C=O) groups excluding carboxylic acids is 2. The number of carbonyl (C=O) groups is 2. The normalized spacial score (nSPS) is 21.3. The largest absolute Gasteiger partial charge is 0.468 e. The highest BCUT2D eigenvalue weighted by molar-refractivity contribution is 6.07. The van der Waals surface area contributed by atoms with Crippen molar-refractivity contribution in [1.82, 2.24) is 0 Å². The Morgan fingerprint density at radius 3 is 1.39 bits per heavy atom. The van der Waals surface area contributed by atoms with Crippen molar-refractivity contribution in [1.29, 1.82) is 0 Å². The van der Waals surface area contributed by atoms with Crippen LogP contribution in [0.2, 0.25) is 0 Å². The van der Waals surface area contributed by atoms with Crippen molar-refractivity contribution in [3.63, 3.8) is 0 Å². The number of ether oxygens (including phenoxy) is 2. The number of rotatable bonds is 4. The van der Waals surface area contributed by atoms with Crippen molar-refractivity contribution >= 4 is 11.9 Å². The van der Waals surface area contributed by atoms with Gasteiger partial charge in [-0.1, -0.05) is 60.7 Å². The van der Waals surface area contributed by atoms with Crippen molar-refractivity contribution in [3.8, 4) is 0 Å². The summed E-state index contributed by atoms with van der Waals surface area (Å²) >= 11 is 0. The van der Waals surface area contributed by atoms with Crippen LogP contribution in [0.3, 0.4) is 0 Å². The minimum absolute atomic E-state index is 0.286. The lowest BCUT2D eigenvalue weighted by molar-refractivity contribution is -0.161. The summed E-state index contributed by atoms with van der Waals surface area (Å²) in [5.74, 6) is -1.67. The topological polar surface area (TPSA) is 52.6 Å². The van der Waals surface area contributed by atoms with Gasteiger partial charge >= 0.3 is 11.9 Å². The quantitative estimate of drug-likeness (QED) is 0.643. The van der Waals surface area contributed by atoms with Crippen LogP contribution >= 0.6 is 0 Å². The van der Waals surface area contributed by atoms with Crippen molar-refractivity contribution in [2.75, 3.05) is 14.2 Å². The molecule has 2 aromatic carbocycles. The highest BCUT2D eigenvalue weighted by Gasteiger charge is 2.77. The number of methoxy groups -OCH3 is 2. The van der Waals surface area contributed by atoms with Gasteiger partial charge in [-0.15, -0.1) is 0 Å². The van der Waals surface area contributed by atoms with Gasteiger partial charge in [-0.25, -0.2) is 0 Å². The third-order valence-corrected chi connectivity index (χ3v) is 4.57. The van der Waals surface area contributed by atoms with Crippen molar-refractivity contribution in [3.05, 3.63) is 71.8 Å². The van der Waals surface area contributed by atoms with E-state index in [0.29, 0.717) is 0 Å². The molecule has 0 amide bonds. The van der Waals surface area contributed by atoms with Crippen LogP contribution in [-0.4, -0.2) is 26.2 Å². The van der Waals surface area contributed by atoms with E-state index in [0.717, 1.165) is 11.1 Å². The molecule has 0 bridgehead atoms. The first-order valence-electron chi connectivity index (χ1n) is 7.44. The summed E-state index contributed by atoms with van der Waals surface area (Å²) in [4.78, 5) is 25.1. The second-order valence-electron chi connectivity index (χ2n) is 5.63. The van der Waals surface area contributed by atoms with Crippen LogP contribution in [0.5, 0.6) is 0 Å². The smallest absolute Gasteiger partial charge is 0.324 e.